The molecule has 29 heavy (non-hydrogen) atoms. The van der Waals surface area contributed by atoms with E-state index in [1.54, 1.807) is 12.1 Å². The number of nitrogens with one attached hydrogen (secondary N) is 1. The molecule has 0 atom stereocenters. The van der Waals surface area contributed by atoms with Crippen molar-refractivity contribution in [3.63, 3.8) is 0 Å². The van der Waals surface area contributed by atoms with E-state index in [0.29, 0.717) is 0 Å². The predicted molar refractivity (Wildman–Crippen MR) is 117 cm³/mol. The van der Waals surface area contributed by atoms with Crippen LogP contribution in [0.1, 0.15) is 68.6 Å². The Morgan fingerprint density at radius 1 is 0.931 bits per heavy atom. The summed E-state index contributed by atoms with van der Waals surface area (Å²) < 4.78 is 31.2. The van der Waals surface area contributed by atoms with E-state index in [0.717, 1.165) is 12.1 Å². The van der Waals surface area contributed by atoms with Crippen LogP contribution in [0, 0.1) is 6.92 Å². The smallest absolute Gasteiger partial charge is 0.181 e. The highest BCUT2D eigenvalue weighted by Crippen LogP contribution is 2.15. The maximum absolute atomic E-state index is 10.4. The monoisotopic (exact) mass is 415 g/mol. The Hall–Kier alpha value is -1.98. The van der Waals surface area contributed by atoms with Gasteiger partial charge in [-0.2, -0.15) is 0 Å². The minimum absolute atomic E-state index is 0.178. The van der Waals surface area contributed by atoms with Gasteiger partial charge in [0, 0.05) is 18.4 Å². The van der Waals surface area contributed by atoms with E-state index in [-0.39, 0.29) is 4.90 Å². The first kappa shape index (κ1) is 23.3. The minimum Gasteiger partial charge on any atom is -0.744 e. The summed E-state index contributed by atoms with van der Waals surface area (Å²) in [6.45, 7) is 5.21. The highest BCUT2D eigenvalue weighted by molar-refractivity contribution is 7.85. The van der Waals surface area contributed by atoms with Gasteiger partial charge in [-0.1, -0.05) is 74.9 Å². The van der Waals surface area contributed by atoms with Crippen molar-refractivity contribution in [1.82, 2.24) is 0 Å². The molecule has 1 aliphatic heterocycles. The third-order valence-corrected chi connectivity index (χ3v) is 6.01. The highest BCUT2D eigenvalue weighted by atomic mass is 32.2. The van der Waals surface area contributed by atoms with Gasteiger partial charge in [0.1, 0.15) is 16.7 Å². The molecule has 4 nitrogen and oxygen atoms in total. The zero-order valence-corrected chi connectivity index (χ0v) is 18.4. The van der Waals surface area contributed by atoms with Crippen molar-refractivity contribution >= 4 is 15.8 Å². The maximum atomic E-state index is 10.4. The standard InChI is InChI=1S/C17H25N.C7H8O3S/c1-2-3-4-5-6-7-12-17-16-11-9-8-10-15(16)13-14-18-17;1-6-2-4-7(5-3-6)11(8,9)10/h8-11H,2-7,12-14H2,1H3;2-5H,1H3,(H,8,9,10). The van der Waals surface area contributed by atoms with Crippen LogP contribution in [0.25, 0.3) is 0 Å². The van der Waals surface area contributed by atoms with Crippen LogP contribution in [0.2, 0.25) is 0 Å². The Kier molecular flexibility index (Phi) is 9.55. The summed E-state index contributed by atoms with van der Waals surface area (Å²) in [7, 11) is -4.27. The zero-order chi connectivity index (χ0) is 21.1. The molecule has 0 saturated carbocycles. The molecule has 158 valence electrons. The summed E-state index contributed by atoms with van der Waals surface area (Å²) >= 11 is 0. The van der Waals surface area contributed by atoms with Crippen LogP contribution in [0.4, 0.5) is 0 Å². The molecule has 1 N–H and O–H groups in total. The van der Waals surface area contributed by atoms with Gasteiger partial charge in [0.15, 0.2) is 5.71 Å². The molecule has 5 heteroatoms. The molecular weight excluding hydrogens is 382 g/mol. The summed E-state index contributed by atoms with van der Waals surface area (Å²) in [4.78, 5) is 3.42. The zero-order valence-electron chi connectivity index (χ0n) is 17.6. The molecule has 1 aliphatic rings. The van der Waals surface area contributed by atoms with Crippen molar-refractivity contribution in [2.24, 2.45) is 0 Å². The van der Waals surface area contributed by atoms with Crippen molar-refractivity contribution in [3.05, 3.63) is 65.2 Å². The SMILES string of the molecule is CCCCCCCCC1=[NH+]CCc2ccccc21.Cc1ccc(S(=O)(=O)[O-])cc1. The Bertz CT molecular complexity index is 887. The quantitative estimate of drug-likeness (QED) is 0.527. The van der Waals surface area contributed by atoms with Crippen LogP contribution in [0.5, 0.6) is 0 Å². The Balaban J connectivity index is 0.000000234. The molecule has 0 radical (unpaired) electrons. The second kappa shape index (κ2) is 11.9. The van der Waals surface area contributed by atoms with Crippen molar-refractivity contribution in [3.8, 4) is 0 Å². The molecule has 0 spiro atoms. The Morgan fingerprint density at radius 2 is 1.59 bits per heavy atom. The molecule has 0 amide bonds. The van der Waals surface area contributed by atoms with E-state index < -0.39 is 10.1 Å². The molecule has 2 aromatic carbocycles. The van der Waals surface area contributed by atoms with Crippen molar-refractivity contribution in [2.45, 2.75) is 70.1 Å². The van der Waals surface area contributed by atoms with Crippen molar-refractivity contribution < 1.29 is 18.0 Å². The minimum atomic E-state index is -4.27. The normalized spacial score (nSPS) is 13.1. The third kappa shape index (κ3) is 8.11. The van der Waals surface area contributed by atoms with E-state index in [9.17, 15) is 13.0 Å². The number of hydrogen-bond acceptors (Lipinski definition) is 3. The molecule has 0 fully saturated rings. The average molecular weight is 416 g/mol. The summed E-state index contributed by atoms with van der Waals surface area (Å²) in [6.07, 6.45) is 10.7. The number of fused-ring (bicyclic) bond motifs is 1. The van der Waals surface area contributed by atoms with Gasteiger partial charge in [0.05, 0.1) is 4.90 Å². The molecule has 1 heterocycles. The van der Waals surface area contributed by atoms with Crippen LogP contribution in [0.15, 0.2) is 53.4 Å². The first-order chi connectivity index (χ1) is 13.9. The second-order valence-electron chi connectivity index (χ2n) is 7.60. The first-order valence-corrected chi connectivity index (χ1v) is 12.0. The van der Waals surface area contributed by atoms with Crippen molar-refractivity contribution in [2.75, 3.05) is 6.54 Å². The predicted octanol–water partition coefficient (Wildman–Crippen LogP) is 3.76. The van der Waals surface area contributed by atoms with Gasteiger partial charge in [0.25, 0.3) is 0 Å². The number of hydrogen-bond donors (Lipinski definition) is 1. The topological polar surface area (TPSA) is 71.2 Å². The highest BCUT2D eigenvalue weighted by Gasteiger charge is 2.17. The molecule has 0 bridgehead atoms. The van der Waals surface area contributed by atoms with Crippen LogP contribution in [-0.2, 0) is 16.5 Å². The van der Waals surface area contributed by atoms with Gasteiger partial charge in [-0.05, 0) is 37.1 Å². The molecule has 0 aliphatic carbocycles. The van der Waals surface area contributed by atoms with E-state index in [2.05, 4.69) is 36.2 Å². The van der Waals surface area contributed by atoms with Crippen LogP contribution in [0.3, 0.4) is 0 Å². The number of aryl methyl sites for hydroxylation is 1. The second-order valence-corrected chi connectivity index (χ2v) is 8.98. The molecule has 3 rings (SSSR count). The molecule has 0 aromatic heterocycles. The van der Waals surface area contributed by atoms with E-state index in [4.69, 9.17) is 0 Å². The van der Waals surface area contributed by atoms with Crippen LogP contribution < -0.4 is 4.99 Å². The summed E-state index contributed by atoms with van der Waals surface area (Å²) in [5.74, 6) is 0. The lowest BCUT2D eigenvalue weighted by Crippen LogP contribution is -2.75. The van der Waals surface area contributed by atoms with Gasteiger partial charge < -0.3 is 4.55 Å². The summed E-state index contributed by atoms with van der Waals surface area (Å²) in [5.41, 5.74) is 5.40. The fourth-order valence-corrected chi connectivity index (χ4v) is 3.96. The molecule has 0 unspecified atom stereocenters. The molecule has 2 aromatic rings. The lowest BCUT2D eigenvalue weighted by molar-refractivity contribution is -0.459. The fraction of sp³-hybridized carbons (Fsp3) is 0.458. The molecular formula is C24H33NO3S. The Morgan fingerprint density at radius 3 is 2.28 bits per heavy atom. The van der Waals surface area contributed by atoms with Gasteiger partial charge in [-0.25, -0.2) is 13.4 Å². The first-order valence-electron chi connectivity index (χ1n) is 10.6. The van der Waals surface area contributed by atoms with E-state index >= 15 is 0 Å². The maximum Gasteiger partial charge on any atom is 0.181 e. The van der Waals surface area contributed by atoms with Crippen LogP contribution in [-0.4, -0.2) is 25.2 Å². The molecule has 0 saturated heterocycles. The lowest BCUT2D eigenvalue weighted by Gasteiger charge is -2.11. The number of rotatable bonds is 8. The fourth-order valence-electron chi connectivity index (χ4n) is 3.49. The summed E-state index contributed by atoms with van der Waals surface area (Å²) in [6, 6.07) is 14.6. The number of benzene rings is 2. The number of unbranched alkanes of at least 4 members (excludes halogenated alkanes) is 5. The van der Waals surface area contributed by atoms with Crippen molar-refractivity contribution in [1.29, 1.82) is 0 Å². The summed E-state index contributed by atoms with van der Waals surface area (Å²) in [5, 5.41) is 0. The van der Waals surface area contributed by atoms with E-state index in [1.807, 2.05) is 6.92 Å². The van der Waals surface area contributed by atoms with Gasteiger partial charge in [-0.3, -0.25) is 0 Å². The largest absolute Gasteiger partial charge is 0.744 e. The van der Waals surface area contributed by atoms with Gasteiger partial charge in [0.2, 0.25) is 0 Å². The lowest BCUT2D eigenvalue weighted by atomic mass is 9.94. The Labute approximate surface area is 175 Å². The van der Waals surface area contributed by atoms with E-state index in [1.165, 1.54) is 80.3 Å². The average Bonchev–Trinajstić information content (AvgIpc) is 2.71. The third-order valence-electron chi connectivity index (χ3n) is 5.17. The van der Waals surface area contributed by atoms with Crippen LogP contribution >= 0.6 is 0 Å². The van der Waals surface area contributed by atoms with Gasteiger partial charge >= 0.3 is 0 Å². The van der Waals surface area contributed by atoms with Gasteiger partial charge in [-0.15, -0.1) is 0 Å².